The predicted molar refractivity (Wildman–Crippen MR) is 259 cm³/mol. The third kappa shape index (κ3) is 7.48. The average Bonchev–Trinajstić information content (AvgIpc) is 3.76. The monoisotopic (exact) mass is 795 g/mol. The van der Waals surface area contributed by atoms with E-state index in [4.69, 9.17) is 0 Å². The van der Waals surface area contributed by atoms with E-state index in [2.05, 4.69) is 236 Å². The van der Waals surface area contributed by atoms with Gasteiger partial charge in [0.15, 0.2) is 12.3 Å². The summed E-state index contributed by atoms with van der Waals surface area (Å²) in [6.07, 6.45) is -0.386. The van der Waals surface area contributed by atoms with Crippen LogP contribution < -0.4 is 19.6 Å². The predicted octanol–water partition coefficient (Wildman–Crippen LogP) is 16.4. The van der Waals surface area contributed by atoms with Crippen LogP contribution in [-0.2, 0) is 0 Å². The summed E-state index contributed by atoms with van der Waals surface area (Å²) in [5.74, 6) is 2.54. The van der Waals surface area contributed by atoms with Gasteiger partial charge in [-0.25, -0.2) is 0 Å². The van der Waals surface area contributed by atoms with Crippen LogP contribution in [0.25, 0.3) is 0 Å². The zero-order valence-corrected chi connectivity index (χ0v) is 38.1. The minimum absolute atomic E-state index is 0.193. The van der Waals surface area contributed by atoms with Gasteiger partial charge >= 0.3 is 0 Å². The Bertz CT molecular complexity index is 2230. The molecule has 2 aliphatic heterocycles. The lowest BCUT2D eigenvalue weighted by Gasteiger charge is -2.44. The van der Waals surface area contributed by atoms with E-state index in [-0.39, 0.29) is 12.3 Å². The van der Waals surface area contributed by atoms with Gasteiger partial charge in [0.2, 0.25) is 0 Å². The van der Waals surface area contributed by atoms with E-state index in [0.29, 0.717) is 35.5 Å². The Hall–Kier alpha value is -5.48. The largest absolute Gasteiger partial charge is 0.314 e. The lowest BCUT2D eigenvalue weighted by molar-refractivity contribution is 0.549. The van der Waals surface area contributed by atoms with Gasteiger partial charge in [-0.05, 0) is 142 Å². The van der Waals surface area contributed by atoms with Crippen LogP contribution in [0.2, 0.25) is 0 Å². The molecule has 0 bridgehead atoms. The lowest BCUT2D eigenvalue weighted by atomic mass is 10.0. The molecule has 4 nitrogen and oxygen atoms in total. The molecule has 0 radical (unpaired) electrons. The maximum Gasteiger partial charge on any atom is 0.151 e. The SMILES string of the molecule is CC(C)c1ccc(N2c3ccc(C(C)C)cc3N(c3ccc(C(C)C)cc3)C2C2N(c3ccc(C(C)C)cc3)c3ccc(C(C)C)cc3N2c2ccc(C(C)C)cc2)cc1. The summed E-state index contributed by atoms with van der Waals surface area (Å²) in [6, 6.07) is 52.0. The standard InChI is InChI=1S/C56H66N4/c1-35(2)41-13-23-47(24-14-41)57-51-31-21-45(39(9)10)33-53(51)59(49-27-17-43(18-28-49)37(5)6)55(57)56-58(48-25-15-42(16-26-48)36(3)4)52-32-22-46(40(11)12)34-54(52)60(56)50-29-19-44(20-30-50)38(7)8/h13-40,55-56H,1-12H3. The molecule has 0 amide bonds. The van der Waals surface area contributed by atoms with Gasteiger partial charge in [-0.2, -0.15) is 0 Å². The van der Waals surface area contributed by atoms with Crippen molar-refractivity contribution in [1.29, 1.82) is 0 Å². The molecule has 8 rings (SSSR count). The van der Waals surface area contributed by atoms with Crippen LogP contribution in [0.15, 0.2) is 133 Å². The van der Waals surface area contributed by atoms with Crippen molar-refractivity contribution in [3.8, 4) is 0 Å². The summed E-state index contributed by atoms with van der Waals surface area (Å²) in [5, 5.41) is 0. The fourth-order valence-corrected chi connectivity index (χ4v) is 9.17. The van der Waals surface area contributed by atoms with E-state index in [9.17, 15) is 0 Å². The molecule has 2 heterocycles. The number of rotatable bonds is 11. The van der Waals surface area contributed by atoms with Crippen molar-refractivity contribution in [3.63, 3.8) is 0 Å². The van der Waals surface area contributed by atoms with Gasteiger partial charge in [0.05, 0.1) is 22.7 Å². The lowest BCUT2D eigenvalue weighted by Crippen LogP contribution is -2.58. The molecule has 0 saturated heterocycles. The third-order valence-corrected chi connectivity index (χ3v) is 13.0. The van der Waals surface area contributed by atoms with E-state index in [1.54, 1.807) is 0 Å². The quantitative estimate of drug-likeness (QED) is 0.129. The van der Waals surface area contributed by atoms with E-state index in [1.807, 2.05) is 0 Å². The highest BCUT2D eigenvalue weighted by Crippen LogP contribution is 2.57. The van der Waals surface area contributed by atoms with Crippen LogP contribution in [0.4, 0.5) is 45.5 Å². The Kier molecular flexibility index (Phi) is 11.4. The van der Waals surface area contributed by atoms with Gasteiger partial charge in [-0.3, -0.25) is 0 Å². The first-order valence-electron chi connectivity index (χ1n) is 22.6. The first-order valence-corrected chi connectivity index (χ1v) is 22.6. The Morgan fingerprint density at radius 1 is 0.250 bits per heavy atom. The summed E-state index contributed by atoms with van der Waals surface area (Å²) in [6.45, 7) is 27.5. The molecule has 310 valence electrons. The van der Waals surface area contributed by atoms with Crippen molar-refractivity contribution < 1.29 is 0 Å². The van der Waals surface area contributed by atoms with Crippen LogP contribution in [0, 0.1) is 0 Å². The van der Waals surface area contributed by atoms with Crippen LogP contribution in [0.1, 0.15) is 152 Å². The average molecular weight is 795 g/mol. The second kappa shape index (κ2) is 16.5. The molecule has 2 unspecified atom stereocenters. The summed E-state index contributed by atoms with van der Waals surface area (Å²) in [7, 11) is 0. The number of anilines is 8. The zero-order valence-electron chi connectivity index (χ0n) is 38.1. The minimum atomic E-state index is -0.193. The third-order valence-electron chi connectivity index (χ3n) is 13.0. The van der Waals surface area contributed by atoms with Crippen molar-refractivity contribution in [2.45, 2.75) is 131 Å². The highest BCUT2D eigenvalue weighted by Gasteiger charge is 2.52. The van der Waals surface area contributed by atoms with Crippen LogP contribution in [0.3, 0.4) is 0 Å². The second-order valence-electron chi connectivity index (χ2n) is 19.1. The van der Waals surface area contributed by atoms with Gasteiger partial charge < -0.3 is 19.6 Å². The number of nitrogens with zero attached hydrogens (tertiary/aromatic N) is 4. The molecule has 2 atom stereocenters. The summed E-state index contributed by atoms with van der Waals surface area (Å²) in [5.41, 5.74) is 17.7. The molecule has 0 spiro atoms. The van der Waals surface area contributed by atoms with Crippen LogP contribution in [-0.4, -0.2) is 12.3 Å². The van der Waals surface area contributed by atoms with E-state index < -0.39 is 0 Å². The molecule has 4 heteroatoms. The van der Waals surface area contributed by atoms with Gasteiger partial charge in [-0.15, -0.1) is 0 Å². The highest BCUT2D eigenvalue weighted by atomic mass is 15.5. The fraction of sp³-hybridized carbons (Fsp3) is 0.357. The fourth-order valence-electron chi connectivity index (χ4n) is 9.17. The molecule has 2 aliphatic rings. The summed E-state index contributed by atoms with van der Waals surface area (Å²) in [4.78, 5) is 10.6. The summed E-state index contributed by atoms with van der Waals surface area (Å²) < 4.78 is 0. The molecule has 60 heavy (non-hydrogen) atoms. The normalized spacial score (nSPS) is 16.4. The van der Waals surface area contributed by atoms with Crippen molar-refractivity contribution >= 4 is 45.5 Å². The van der Waals surface area contributed by atoms with Crippen molar-refractivity contribution in [3.05, 3.63) is 167 Å². The smallest absolute Gasteiger partial charge is 0.151 e. The van der Waals surface area contributed by atoms with E-state index in [0.717, 1.165) is 0 Å². The molecule has 0 aliphatic carbocycles. The van der Waals surface area contributed by atoms with Crippen molar-refractivity contribution in [2.24, 2.45) is 0 Å². The first kappa shape index (κ1) is 41.3. The molecular formula is C56H66N4. The minimum Gasteiger partial charge on any atom is -0.314 e. The molecule has 0 fully saturated rings. The van der Waals surface area contributed by atoms with Gasteiger partial charge in [0.1, 0.15) is 0 Å². The molecule has 0 aromatic heterocycles. The first-order chi connectivity index (χ1) is 28.7. The van der Waals surface area contributed by atoms with Crippen molar-refractivity contribution in [2.75, 3.05) is 19.6 Å². The Balaban J connectivity index is 1.46. The molecule has 0 N–H and O–H groups in total. The van der Waals surface area contributed by atoms with Gasteiger partial charge in [-0.1, -0.05) is 144 Å². The Morgan fingerprint density at radius 2 is 0.450 bits per heavy atom. The highest BCUT2D eigenvalue weighted by molar-refractivity contribution is 5.94. The number of fused-ring (bicyclic) bond motifs is 2. The maximum absolute atomic E-state index is 2.66. The zero-order chi connectivity index (χ0) is 42.6. The molecule has 6 aromatic rings. The maximum atomic E-state index is 2.66. The summed E-state index contributed by atoms with van der Waals surface area (Å²) >= 11 is 0. The molecule has 0 saturated carbocycles. The number of hydrogen-bond donors (Lipinski definition) is 0. The van der Waals surface area contributed by atoms with Gasteiger partial charge in [0, 0.05) is 22.7 Å². The van der Waals surface area contributed by atoms with E-state index in [1.165, 1.54) is 78.9 Å². The molecule has 6 aromatic carbocycles. The number of benzene rings is 6. The number of hydrogen-bond acceptors (Lipinski definition) is 4. The van der Waals surface area contributed by atoms with Gasteiger partial charge in [0.25, 0.3) is 0 Å². The topological polar surface area (TPSA) is 13.0 Å². The van der Waals surface area contributed by atoms with Crippen LogP contribution in [0.5, 0.6) is 0 Å². The second-order valence-corrected chi connectivity index (χ2v) is 19.1. The van der Waals surface area contributed by atoms with Crippen molar-refractivity contribution in [1.82, 2.24) is 0 Å². The van der Waals surface area contributed by atoms with E-state index >= 15 is 0 Å². The Labute approximate surface area is 361 Å². The Morgan fingerprint density at radius 3 is 0.667 bits per heavy atom. The molecular weight excluding hydrogens is 729 g/mol. The van der Waals surface area contributed by atoms with Crippen LogP contribution >= 0.6 is 0 Å².